The van der Waals surface area contributed by atoms with Crippen LogP contribution in [0, 0.1) is 6.92 Å². The van der Waals surface area contributed by atoms with E-state index in [1.807, 2.05) is 19.1 Å². The Morgan fingerprint density at radius 2 is 1.69 bits per heavy atom. The van der Waals surface area contributed by atoms with Crippen LogP contribution >= 0.6 is 0 Å². The molecule has 0 saturated carbocycles. The minimum atomic E-state index is -0.436. The number of pyridine rings is 1. The van der Waals surface area contributed by atoms with Gasteiger partial charge in [-0.05, 0) is 67.4 Å². The second-order valence-electron chi connectivity index (χ2n) is 7.21. The van der Waals surface area contributed by atoms with E-state index in [0.29, 0.717) is 34.1 Å². The summed E-state index contributed by atoms with van der Waals surface area (Å²) < 4.78 is 16.3. The quantitative estimate of drug-likeness (QED) is 0.421. The van der Waals surface area contributed by atoms with Crippen molar-refractivity contribution in [3.63, 3.8) is 0 Å². The zero-order chi connectivity index (χ0) is 22.5. The normalized spacial score (nSPS) is 10.7. The van der Waals surface area contributed by atoms with Gasteiger partial charge < -0.3 is 19.2 Å². The zero-order valence-corrected chi connectivity index (χ0v) is 17.8. The van der Waals surface area contributed by atoms with Crippen molar-refractivity contribution in [1.29, 1.82) is 0 Å². The molecular weight excluding hydrogens is 408 g/mol. The highest BCUT2D eigenvalue weighted by Crippen LogP contribution is 2.25. The number of amides is 1. The SMILES string of the molecule is COc1ccc2c(C)c(CCC(=O)Nc3ccc(Oc4ccncc4)cc3)c(=O)oc2c1. The first-order chi connectivity index (χ1) is 15.5. The van der Waals surface area contributed by atoms with Crippen LogP contribution in [0.2, 0.25) is 0 Å². The van der Waals surface area contributed by atoms with Gasteiger partial charge in [-0.1, -0.05) is 0 Å². The highest BCUT2D eigenvalue weighted by atomic mass is 16.5. The molecule has 0 spiro atoms. The van der Waals surface area contributed by atoms with Gasteiger partial charge in [-0.25, -0.2) is 4.79 Å². The van der Waals surface area contributed by atoms with E-state index in [2.05, 4.69) is 10.3 Å². The second-order valence-corrected chi connectivity index (χ2v) is 7.21. The van der Waals surface area contributed by atoms with Crippen LogP contribution in [0.15, 0.2) is 76.2 Å². The molecule has 0 saturated heterocycles. The van der Waals surface area contributed by atoms with E-state index in [-0.39, 0.29) is 18.7 Å². The summed E-state index contributed by atoms with van der Waals surface area (Å²) in [6, 6.07) is 15.9. The number of nitrogens with one attached hydrogen (secondary N) is 1. The molecule has 0 fully saturated rings. The number of nitrogens with zero attached hydrogens (tertiary/aromatic N) is 1. The van der Waals surface area contributed by atoms with Crippen LogP contribution in [-0.2, 0) is 11.2 Å². The van der Waals surface area contributed by atoms with Crippen molar-refractivity contribution in [3.8, 4) is 17.2 Å². The van der Waals surface area contributed by atoms with Crippen LogP contribution in [0.5, 0.6) is 17.2 Å². The number of aromatic nitrogens is 1. The Labute approximate surface area is 184 Å². The molecule has 2 aromatic carbocycles. The number of carbonyl (C=O) groups excluding carboxylic acids is 1. The molecule has 4 rings (SSSR count). The van der Waals surface area contributed by atoms with Crippen molar-refractivity contribution in [2.24, 2.45) is 0 Å². The number of anilines is 1. The van der Waals surface area contributed by atoms with E-state index in [9.17, 15) is 9.59 Å². The van der Waals surface area contributed by atoms with Gasteiger partial charge in [-0.3, -0.25) is 9.78 Å². The van der Waals surface area contributed by atoms with E-state index < -0.39 is 5.63 Å². The van der Waals surface area contributed by atoms with Crippen molar-refractivity contribution in [1.82, 2.24) is 4.98 Å². The predicted molar refractivity (Wildman–Crippen MR) is 121 cm³/mol. The van der Waals surface area contributed by atoms with Crippen LogP contribution < -0.4 is 20.4 Å². The summed E-state index contributed by atoms with van der Waals surface area (Å²) in [5, 5.41) is 3.67. The van der Waals surface area contributed by atoms with Crippen molar-refractivity contribution in [3.05, 3.63) is 88.5 Å². The fourth-order valence-electron chi connectivity index (χ4n) is 3.40. The number of ether oxygens (including phenoxy) is 2. The Morgan fingerprint density at radius 3 is 2.41 bits per heavy atom. The number of fused-ring (bicyclic) bond motifs is 1. The number of benzene rings is 2. The number of carbonyl (C=O) groups is 1. The first-order valence-electron chi connectivity index (χ1n) is 10.1. The number of hydrogen-bond donors (Lipinski definition) is 1. The molecule has 0 aliphatic heterocycles. The molecule has 0 radical (unpaired) electrons. The van der Waals surface area contributed by atoms with Crippen LogP contribution in [0.4, 0.5) is 5.69 Å². The molecule has 1 amide bonds. The highest BCUT2D eigenvalue weighted by Gasteiger charge is 2.14. The smallest absolute Gasteiger partial charge is 0.339 e. The van der Waals surface area contributed by atoms with E-state index in [1.165, 1.54) is 0 Å². The number of rotatable bonds is 7. The van der Waals surface area contributed by atoms with Crippen LogP contribution in [0.1, 0.15) is 17.5 Å². The predicted octanol–water partition coefficient (Wildman–Crippen LogP) is 4.87. The van der Waals surface area contributed by atoms with Gasteiger partial charge in [0.05, 0.1) is 7.11 Å². The van der Waals surface area contributed by atoms with Gasteiger partial charge in [0.1, 0.15) is 22.8 Å². The molecule has 32 heavy (non-hydrogen) atoms. The molecule has 0 unspecified atom stereocenters. The minimum Gasteiger partial charge on any atom is -0.497 e. The van der Waals surface area contributed by atoms with Crippen molar-refractivity contribution in [2.75, 3.05) is 12.4 Å². The van der Waals surface area contributed by atoms with Crippen LogP contribution in [0.25, 0.3) is 11.0 Å². The summed E-state index contributed by atoms with van der Waals surface area (Å²) in [5.41, 5.74) is 1.98. The van der Waals surface area contributed by atoms with Gasteiger partial charge in [-0.15, -0.1) is 0 Å². The monoisotopic (exact) mass is 430 g/mol. The Hall–Kier alpha value is -4.13. The van der Waals surface area contributed by atoms with E-state index in [4.69, 9.17) is 13.9 Å². The van der Waals surface area contributed by atoms with Crippen molar-refractivity contribution >= 4 is 22.6 Å². The largest absolute Gasteiger partial charge is 0.497 e. The van der Waals surface area contributed by atoms with Gasteiger partial charge in [0.2, 0.25) is 5.91 Å². The molecular formula is C25H22N2O5. The molecule has 1 N–H and O–H groups in total. The molecule has 2 heterocycles. The average molecular weight is 430 g/mol. The standard InChI is InChI=1S/C25H22N2O5/c1-16-21-8-7-20(30-2)15-23(21)32-25(29)22(16)9-10-24(28)27-17-3-5-18(6-4-17)31-19-11-13-26-14-12-19/h3-8,11-15H,9-10H2,1-2H3,(H,27,28). The average Bonchev–Trinajstić information content (AvgIpc) is 2.80. The Bertz CT molecular complexity index is 1300. The molecule has 7 heteroatoms. The lowest BCUT2D eigenvalue weighted by atomic mass is 10.0. The lowest BCUT2D eigenvalue weighted by Gasteiger charge is -2.10. The maximum Gasteiger partial charge on any atom is 0.339 e. The number of aryl methyl sites for hydroxylation is 1. The molecule has 0 aliphatic carbocycles. The maximum atomic E-state index is 12.5. The Kier molecular flexibility index (Phi) is 6.17. The molecule has 0 aliphatic rings. The third-order valence-electron chi connectivity index (χ3n) is 5.12. The molecule has 0 atom stereocenters. The van der Waals surface area contributed by atoms with E-state index in [1.54, 1.807) is 62.0 Å². The molecule has 2 aromatic heterocycles. The highest BCUT2D eigenvalue weighted by molar-refractivity contribution is 5.91. The van der Waals surface area contributed by atoms with Gasteiger partial charge in [0, 0.05) is 41.5 Å². The summed E-state index contributed by atoms with van der Waals surface area (Å²) in [6.45, 7) is 1.86. The second kappa shape index (κ2) is 9.34. The lowest BCUT2D eigenvalue weighted by Crippen LogP contribution is -2.16. The summed E-state index contributed by atoms with van der Waals surface area (Å²) in [4.78, 5) is 28.8. The molecule has 162 valence electrons. The fraction of sp³-hybridized carbons (Fsp3) is 0.160. The topological polar surface area (TPSA) is 90.7 Å². The first kappa shape index (κ1) is 21.1. The summed E-state index contributed by atoms with van der Waals surface area (Å²) in [6.07, 6.45) is 3.74. The molecule has 4 aromatic rings. The Morgan fingerprint density at radius 1 is 1.00 bits per heavy atom. The third-order valence-corrected chi connectivity index (χ3v) is 5.12. The number of methoxy groups -OCH3 is 1. The lowest BCUT2D eigenvalue weighted by molar-refractivity contribution is -0.116. The maximum absolute atomic E-state index is 12.5. The van der Waals surface area contributed by atoms with Crippen LogP contribution in [0.3, 0.4) is 0 Å². The van der Waals surface area contributed by atoms with Gasteiger partial charge >= 0.3 is 5.63 Å². The Balaban J connectivity index is 1.39. The van der Waals surface area contributed by atoms with Gasteiger partial charge in [0.15, 0.2) is 0 Å². The van der Waals surface area contributed by atoms with Crippen LogP contribution in [-0.4, -0.2) is 18.0 Å². The zero-order valence-electron chi connectivity index (χ0n) is 17.8. The molecule has 0 bridgehead atoms. The van der Waals surface area contributed by atoms with Gasteiger partial charge in [-0.2, -0.15) is 0 Å². The van der Waals surface area contributed by atoms with E-state index in [0.717, 1.165) is 10.9 Å². The van der Waals surface area contributed by atoms with E-state index >= 15 is 0 Å². The minimum absolute atomic E-state index is 0.155. The van der Waals surface area contributed by atoms with Gasteiger partial charge in [0.25, 0.3) is 0 Å². The first-order valence-corrected chi connectivity index (χ1v) is 10.1. The number of hydrogen-bond acceptors (Lipinski definition) is 6. The van der Waals surface area contributed by atoms with Crippen molar-refractivity contribution in [2.45, 2.75) is 19.8 Å². The summed E-state index contributed by atoms with van der Waals surface area (Å²) in [5.74, 6) is 1.75. The summed E-state index contributed by atoms with van der Waals surface area (Å²) in [7, 11) is 1.56. The fourth-order valence-corrected chi connectivity index (χ4v) is 3.40. The summed E-state index contributed by atoms with van der Waals surface area (Å²) >= 11 is 0. The molecule has 7 nitrogen and oxygen atoms in total. The third kappa shape index (κ3) is 4.78. The van der Waals surface area contributed by atoms with Crippen molar-refractivity contribution < 1.29 is 18.7 Å².